The van der Waals surface area contributed by atoms with E-state index in [1.807, 2.05) is 6.07 Å². The van der Waals surface area contributed by atoms with Gasteiger partial charge in [-0.3, -0.25) is 10.1 Å². The van der Waals surface area contributed by atoms with Gasteiger partial charge in [0.25, 0.3) is 5.69 Å². The lowest BCUT2D eigenvalue weighted by atomic mass is 10.0. The van der Waals surface area contributed by atoms with Crippen LogP contribution in [0.4, 0.5) is 5.69 Å². The molecule has 1 aromatic carbocycles. The highest BCUT2D eigenvalue weighted by Gasteiger charge is 2.39. The number of nitro benzene ring substituents is 1. The van der Waals surface area contributed by atoms with Crippen LogP contribution in [0.15, 0.2) is 18.2 Å². The quantitative estimate of drug-likeness (QED) is 0.627. The minimum absolute atomic E-state index is 0.161. The summed E-state index contributed by atoms with van der Waals surface area (Å²) in [6.45, 7) is 1.74. The highest BCUT2D eigenvalue weighted by Crippen LogP contribution is 2.39. The van der Waals surface area contributed by atoms with Crippen LogP contribution in [-0.4, -0.2) is 15.6 Å². The summed E-state index contributed by atoms with van der Waals surface area (Å²) in [6, 6.07) is 5.16. The molecule has 0 spiro atoms. The molecule has 1 fully saturated rings. The molecule has 0 radical (unpaired) electrons. The van der Waals surface area contributed by atoms with Crippen molar-refractivity contribution in [3.8, 4) is 0 Å². The number of nitro groups is 1. The SMILES string of the molecule is Cc1cc(CCC2(O)CC2)ccc1[N+](=O)[O-]. The van der Waals surface area contributed by atoms with Gasteiger partial charge in [0.2, 0.25) is 0 Å². The minimum Gasteiger partial charge on any atom is -0.390 e. The largest absolute Gasteiger partial charge is 0.390 e. The van der Waals surface area contributed by atoms with Gasteiger partial charge in [0, 0.05) is 11.6 Å². The van der Waals surface area contributed by atoms with Crippen LogP contribution < -0.4 is 0 Å². The van der Waals surface area contributed by atoms with Crippen molar-refractivity contribution in [2.75, 3.05) is 0 Å². The molecule has 1 saturated carbocycles. The maximum Gasteiger partial charge on any atom is 0.272 e. The summed E-state index contributed by atoms with van der Waals surface area (Å²) in [4.78, 5) is 10.3. The van der Waals surface area contributed by atoms with Crippen LogP contribution in [0, 0.1) is 17.0 Å². The zero-order valence-electron chi connectivity index (χ0n) is 9.27. The predicted molar refractivity (Wildman–Crippen MR) is 60.3 cm³/mol. The van der Waals surface area contributed by atoms with Crippen molar-refractivity contribution in [2.45, 2.75) is 38.2 Å². The van der Waals surface area contributed by atoms with Gasteiger partial charge in [0.05, 0.1) is 10.5 Å². The van der Waals surface area contributed by atoms with Crippen molar-refractivity contribution >= 4 is 5.69 Å². The molecule has 0 atom stereocenters. The fraction of sp³-hybridized carbons (Fsp3) is 0.500. The van der Waals surface area contributed by atoms with Crippen LogP contribution in [0.2, 0.25) is 0 Å². The molecule has 0 heterocycles. The molecule has 4 nitrogen and oxygen atoms in total. The first-order valence-electron chi connectivity index (χ1n) is 5.46. The van der Waals surface area contributed by atoms with Gasteiger partial charge in [-0.05, 0) is 44.2 Å². The molecular weight excluding hydrogens is 206 g/mol. The predicted octanol–water partition coefficient (Wildman–Crippen LogP) is 2.36. The molecule has 1 aromatic rings. The Morgan fingerprint density at radius 2 is 2.19 bits per heavy atom. The van der Waals surface area contributed by atoms with Crippen molar-refractivity contribution in [2.24, 2.45) is 0 Å². The average Bonchev–Trinajstić information content (AvgIpc) is 2.94. The second kappa shape index (κ2) is 3.87. The molecule has 2 rings (SSSR count). The first-order valence-corrected chi connectivity index (χ1v) is 5.46. The lowest BCUT2D eigenvalue weighted by Crippen LogP contribution is -2.07. The van der Waals surface area contributed by atoms with Crippen molar-refractivity contribution < 1.29 is 10.0 Å². The highest BCUT2D eigenvalue weighted by molar-refractivity contribution is 5.41. The lowest BCUT2D eigenvalue weighted by Gasteiger charge is -2.07. The number of aliphatic hydroxyl groups is 1. The summed E-state index contributed by atoms with van der Waals surface area (Å²) in [5, 5.41) is 20.3. The Hall–Kier alpha value is -1.42. The number of benzene rings is 1. The molecule has 1 aliphatic carbocycles. The van der Waals surface area contributed by atoms with E-state index in [0.29, 0.717) is 5.56 Å². The normalized spacial score (nSPS) is 17.1. The third-order valence-corrected chi connectivity index (χ3v) is 3.16. The van der Waals surface area contributed by atoms with E-state index in [9.17, 15) is 15.2 Å². The fourth-order valence-electron chi connectivity index (χ4n) is 1.85. The summed E-state index contributed by atoms with van der Waals surface area (Å²) in [7, 11) is 0. The summed E-state index contributed by atoms with van der Waals surface area (Å²) in [6.07, 6.45) is 3.32. The summed E-state index contributed by atoms with van der Waals surface area (Å²) < 4.78 is 0. The zero-order chi connectivity index (χ0) is 11.8. The zero-order valence-corrected chi connectivity index (χ0v) is 9.27. The molecule has 0 saturated heterocycles. The fourth-order valence-corrected chi connectivity index (χ4v) is 1.85. The van der Waals surface area contributed by atoms with Crippen LogP contribution in [0.1, 0.15) is 30.4 Å². The maximum absolute atomic E-state index is 10.6. The van der Waals surface area contributed by atoms with E-state index in [4.69, 9.17) is 0 Å². The van der Waals surface area contributed by atoms with Gasteiger partial charge in [-0.15, -0.1) is 0 Å². The molecule has 0 aromatic heterocycles. The third-order valence-electron chi connectivity index (χ3n) is 3.16. The summed E-state index contributed by atoms with van der Waals surface area (Å²) >= 11 is 0. The van der Waals surface area contributed by atoms with Crippen LogP contribution in [0.25, 0.3) is 0 Å². The Kier molecular flexibility index (Phi) is 2.68. The first kappa shape index (κ1) is 11.1. The Bertz CT molecular complexity index is 424. The van der Waals surface area contributed by atoms with E-state index in [-0.39, 0.29) is 10.6 Å². The standard InChI is InChI=1S/C12H15NO3/c1-9-8-10(2-3-11(9)13(15)16)4-5-12(14)6-7-12/h2-3,8,14H,4-7H2,1H3. The van der Waals surface area contributed by atoms with Crippen LogP contribution in [0.3, 0.4) is 0 Å². The van der Waals surface area contributed by atoms with Crippen LogP contribution >= 0.6 is 0 Å². The number of nitrogens with zero attached hydrogens (tertiary/aromatic N) is 1. The van der Waals surface area contributed by atoms with Gasteiger partial charge in [0.15, 0.2) is 0 Å². The van der Waals surface area contributed by atoms with E-state index in [0.717, 1.165) is 31.2 Å². The van der Waals surface area contributed by atoms with Crippen molar-refractivity contribution in [3.05, 3.63) is 39.4 Å². The molecule has 4 heteroatoms. The van der Waals surface area contributed by atoms with Crippen molar-refractivity contribution in [1.29, 1.82) is 0 Å². The van der Waals surface area contributed by atoms with Gasteiger partial charge >= 0.3 is 0 Å². The minimum atomic E-state index is -0.449. The van der Waals surface area contributed by atoms with Gasteiger partial charge in [0.1, 0.15) is 0 Å². The summed E-state index contributed by atoms with van der Waals surface area (Å²) in [5.74, 6) is 0. The van der Waals surface area contributed by atoms with Crippen molar-refractivity contribution in [1.82, 2.24) is 0 Å². The van der Waals surface area contributed by atoms with Gasteiger partial charge in [-0.1, -0.05) is 6.07 Å². The van der Waals surface area contributed by atoms with Gasteiger partial charge in [-0.2, -0.15) is 0 Å². The average molecular weight is 221 g/mol. The number of hydrogen-bond acceptors (Lipinski definition) is 3. The molecular formula is C12H15NO3. The Morgan fingerprint density at radius 1 is 1.50 bits per heavy atom. The van der Waals surface area contributed by atoms with Crippen LogP contribution in [-0.2, 0) is 6.42 Å². The van der Waals surface area contributed by atoms with E-state index in [1.54, 1.807) is 19.1 Å². The highest BCUT2D eigenvalue weighted by atomic mass is 16.6. The molecule has 1 N–H and O–H groups in total. The second-order valence-electron chi connectivity index (χ2n) is 4.60. The lowest BCUT2D eigenvalue weighted by molar-refractivity contribution is -0.385. The monoisotopic (exact) mass is 221 g/mol. The summed E-state index contributed by atoms with van der Waals surface area (Å²) in [5.41, 5.74) is 1.46. The van der Waals surface area contributed by atoms with Crippen molar-refractivity contribution in [3.63, 3.8) is 0 Å². The molecule has 0 aliphatic heterocycles. The molecule has 1 aliphatic rings. The molecule has 0 unspecified atom stereocenters. The topological polar surface area (TPSA) is 63.4 Å². The van der Waals surface area contributed by atoms with Crippen LogP contribution in [0.5, 0.6) is 0 Å². The molecule has 0 bridgehead atoms. The number of rotatable bonds is 4. The van der Waals surface area contributed by atoms with Gasteiger partial charge in [-0.25, -0.2) is 0 Å². The van der Waals surface area contributed by atoms with Gasteiger partial charge < -0.3 is 5.11 Å². The third kappa shape index (κ3) is 2.39. The second-order valence-corrected chi connectivity index (χ2v) is 4.60. The van der Waals surface area contributed by atoms with E-state index in [1.165, 1.54) is 0 Å². The smallest absolute Gasteiger partial charge is 0.272 e. The Morgan fingerprint density at radius 3 is 2.69 bits per heavy atom. The Labute approximate surface area is 94.1 Å². The number of aryl methyl sites for hydroxylation is 2. The Balaban J connectivity index is 2.05. The number of hydrogen-bond donors (Lipinski definition) is 1. The molecule has 16 heavy (non-hydrogen) atoms. The first-order chi connectivity index (χ1) is 7.50. The maximum atomic E-state index is 10.6. The van der Waals surface area contributed by atoms with E-state index < -0.39 is 5.60 Å². The van der Waals surface area contributed by atoms with E-state index >= 15 is 0 Å². The van der Waals surface area contributed by atoms with E-state index in [2.05, 4.69) is 0 Å². The molecule has 0 amide bonds. The molecule has 86 valence electrons.